The third-order valence-corrected chi connectivity index (χ3v) is 3.14. The fraction of sp³-hybridized carbons (Fsp3) is 0.786. The fourth-order valence-corrected chi connectivity index (χ4v) is 1.83. The molecule has 1 fully saturated rings. The van der Waals surface area contributed by atoms with E-state index in [1.165, 1.54) is 0 Å². The van der Waals surface area contributed by atoms with Crippen molar-refractivity contribution in [2.24, 2.45) is 0 Å². The largest absolute Gasteiger partial charge is 0.463 e. The van der Waals surface area contributed by atoms with E-state index in [1.54, 1.807) is 0 Å². The highest BCUT2D eigenvalue weighted by Gasteiger charge is 2.59. The van der Waals surface area contributed by atoms with Crippen LogP contribution in [0.3, 0.4) is 0 Å². The fourth-order valence-electron chi connectivity index (χ4n) is 1.83. The van der Waals surface area contributed by atoms with Gasteiger partial charge >= 0.3 is 17.9 Å². The molecule has 0 spiro atoms. The van der Waals surface area contributed by atoms with Gasteiger partial charge in [-0.25, -0.2) is 9.59 Å². The molecule has 0 saturated carbocycles. The Morgan fingerprint density at radius 1 is 1.24 bits per heavy atom. The number of ether oxygens (including phenoxy) is 3. The second-order valence-corrected chi connectivity index (χ2v) is 4.98. The van der Waals surface area contributed by atoms with Crippen LogP contribution < -0.4 is 0 Å². The lowest BCUT2D eigenvalue weighted by atomic mass is 9.95. The Morgan fingerprint density at radius 3 is 2.38 bits per heavy atom. The van der Waals surface area contributed by atoms with Gasteiger partial charge in [0, 0.05) is 0 Å². The smallest absolute Gasteiger partial charge is 0.351 e. The monoisotopic (exact) mass is 302 g/mol. The van der Waals surface area contributed by atoms with Gasteiger partial charge in [-0.3, -0.25) is 4.79 Å². The van der Waals surface area contributed by atoms with Gasteiger partial charge < -0.3 is 19.3 Å². The van der Waals surface area contributed by atoms with Crippen molar-refractivity contribution in [3.63, 3.8) is 0 Å². The molecule has 7 nitrogen and oxygen atoms in total. The van der Waals surface area contributed by atoms with Gasteiger partial charge in [-0.2, -0.15) is 0 Å². The highest BCUT2D eigenvalue weighted by molar-refractivity contribution is 5.97. The standard InChI is InChI=1S/C14H22O7/c1-3-5-7-19-12(16)11-14(18,9-10(15)21-11)13(17)20-8-6-4-2/h11,18H,3-9H2,1-2H3. The van der Waals surface area contributed by atoms with Gasteiger partial charge in [0.1, 0.15) is 0 Å². The van der Waals surface area contributed by atoms with Crippen LogP contribution in [-0.2, 0) is 28.6 Å². The van der Waals surface area contributed by atoms with E-state index >= 15 is 0 Å². The zero-order valence-electron chi connectivity index (χ0n) is 12.4. The SMILES string of the molecule is CCCCOC(=O)C1OC(=O)CC1(O)C(=O)OCCCC. The van der Waals surface area contributed by atoms with Crippen LogP contribution in [-0.4, -0.2) is 47.9 Å². The quantitative estimate of drug-likeness (QED) is 0.400. The van der Waals surface area contributed by atoms with Crippen LogP contribution in [0.1, 0.15) is 46.0 Å². The van der Waals surface area contributed by atoms with E-state index < -0.39 is 36.0 Å². The molecule has 0 aromatic heterocycles. The van der Waals surface area contributed by atoms with Crippen molar-refractivity contribution in [1.29, 1.82) is 0 Å². The normalized spacial score (nSPS) is 24.5. The molecule has 7 heteroatoms. The summed E-state index contributed by atoms with van der Waals surface area (Å²) in [5.41, 5.74) is -2.30. The Balaban J connectivity index is 2.69. The van der Waals surface area contributed by atoms with Crippen molar-refractivity contribution >= 4 is 17.9 Å². The van der Waals surface area contributed by atoms with Crippen molar-refractivity contribution < 1.29 is 33.7 Å². The van der Waals surface area contributed by atoms with E-state index in [-0.39, 0.29) is 13.2 Å². The molecule has 0 amide bonds. The van der Waals surface area contributed by atoms with E-state index in [0.717, 1.165) is 12.8 Å². The minimum Gasteiger partial charge on any atom is -0.463 e. The maximum absolute atomic E-state index is 11.9. The number of esters is 3. The minimum absolute atomic E-state index is 0.115. The first kappa shape index (κ1) is 17.4. The third-order valence-electron chi connectivity index (χ3n) is 3.14. The third kappa shape index (κ3) is 4.42. The van der Waals surface area contributed by atoms with Gasteiger partial charge in [0.2, 0.25) is 11.7 Å². The number of hydrogen-bond donors (Lipinski definition) is 1. The first-order chi connectivity index (χ1) is 9.95. The van der Waals surface area contributed by atoms with Crippen LogP contribution in [0.25, 0.3) is 0 Å². The van der Waals surface area contributed by atoms with Gasteiger partial charge in [0.15, 0.2) is 0 Å². The van der Waals surface area contributed by atoms with E-state index in [2.05, 4.69) is 0 Å². The Morgan fingerprint density at radius 2 is 1.81 bits per heavy atom. The van der Waals surface area contributed by atoms with E-state index in [1.807, 2.05) is 13.8 Å². The molecule has 0 bridgehead atoms. The molecule has 0 aromatic carbocycles. The van der Waals surface area contributed by atoms with Gasteiger partial charge in [0.25, 0.3) is 0 Å². The Labute approximate surface area is 123 Å². The van der Waals surface area contributed by atoms with E-state index in [4.69, 9.17) is 14.2 Å². The molecule has 120 valence electrons. The van der Waals surface area contributed by atoms with Crippen LogP contribution >= 0.6 is 0 Å². The highest BCUT2D eigenvalue weighted by Crippen LogP contribution is 2.29. The Hall–Kier alpha value is -1.63. The molecule has 1 aliphatic heterocycles. The molecule has 21 heavy (non-hydrogen) atoms. The number of aliphatic hydroxyl groups is 1. The summed E-state index contributed by atoms with van der Waals surface area (Å²) >= 11 is 0. The summed E-state index contributed by atoms with van der Waals surface area (Å²) in [4.78, 5) is 35.1. The predicted molar refractivity (Wildman–Crippen MR) is 71.2 cm³/mol. The Kier molecular flexibility index (Phi) is 6.61. The van der Waals surface area contributed by atoms with Gasteiger partial charge in [-0.15, -0.1) is 0 Å². The average molecular weight is 302 g/mol. The number of unbranched alkanes of at least 4 members (excludes halogenated alkanes) is 2. The van der Waals surface area contributed by atoms with Crippen LogP contribution in [0.4, 0.5) is 0 Å². The predicted octanol–water partition coefficient (Wildman–Crippen LogP) is 0.720. The summed E-state index contributed by atoms with van der Waals surface area (Å²) in [5, 5.41) is 10.3. The second kappa shape index (κ2) is 7.97. The van der Waals surface area contributed by atoms with Crippen molar-refractivity contribution in [2.45, 2.75) is 57.7 Å². The highest BCUT2D eigenvalue weighted by atomic mass is 16.6. The van der Waals surface area contributed by atoms with Crippen LogP contribution in [0.5, 0.6) is 0 Å². The van der Waals surface area contributed by atoms with Crippen molar-refractivity contribution in [1.82, 2.24) is 0 Å². The molecular formula is C14H22O7. The summed E-state index contributed by atoms with van der Waals surface area (Å²) in [6, 6.07) is 0. The van der Waals surface area contributed by atoms with Crippen molar-refractivity contribution in [3.05, 3.63) is 0 Å². The summed E-state index contributed by atoms with van der Waals surface area (Å²) in [6.45, 7) is 4.09. The van der Waals surface area contributed by atoms with Crippen molar-refractivity contribution in [2.75, 3.05) is 13.2 Å². The van der Waals surface area contributed by atoms with Gasteiger partial charge in [-0.1, -0.05) is 26.7 Å². The van der Waals surface area contributed by atoms with Gasteiger partial charge in [0.05, 0.1) is 19.6 Å². The number of carbonyl (C=O) groups excluding carboxylic acids is 3. The number of hydrogen-bond acceptors (Lipinski definition) is 7. The molecule has 2 atom stereocenters. The molecule has 2 unspecified atom stereocenters. The molecular weight excluding hydrogens is 280 g/mol. The summed E-state index contributed by atoms with van der Waals surface area (Å²) in [6.07, 6.45) is 0.639. The first-order valence-corrected chi connectivity index (χ1v) is 7.21. The van der Waals surface area contributed by atoms with Crippen LogP contribution in [0, 0.1) is 0 Å². The lowest BCUT2D eigenvalue weighted by Gasteiger charge is -2.23. The number of carbonyl (C=O) groups is 3. The summed E-state index contributed by atoms with van der Waals surface area (Å²) in [5.74, 6) is -2.79. The molecule has 1 aliphatic rings. The van der Waals surface area contributed by atoms with Crippen molar-refractivity contribution in [3.8, 4) is 0 Å². The van der Waals surface area contributed by atoms with Crippen LogP contribution in [0.15, 0.2) is 0 Å². The van der Waals surface area contributed by atoms with Crippen LogP contribution in [0.2, 0.25) is 0 Å². The second-order valence-electron chi connectivity index (χ2n) is 4.98. The minimum atomic E-state index is -2.30. The molecule has 1 heterocycles. The lowest BCUT2D eigenvalue weighted by molar-refractivity contribution is -0.183. The number of cyclic esters (lactones) is 1. The number of rotatable bonds is 8. The maximum Gasteiger partial charge on any atom is 0.351 e. The van der Waals surface area contributed by atoms with E-state index in [0.29, 0.717) is 12.8 Å². The molecule has 0 aliphatic carbocycles. The zero-order valence-corrected chi connectivity index (χ0v) is 12.4. The summed E-state index contributed by atoms with van der Waals surface area (Å²) < 4.78 is 14.5. The molecule has 1 N–H and O–H groups in total. The molecule has 1 rings (SSSR count). The first-order valence-electron chi connectivity index (χ1n) is 7.21. The summed E-state index contributed by atoms with van der Waals surface area (Å²) in [7, 11) is 0. The van der Waals surface area contributed by atoms with E-state index in [9.17, 15) is 19.5 Å². The Bertz CT molecular complexity index is 393. The molecule has 1 saturated heterocycles. The molecule has 0 aromatic rings. The average Bonchev–Trinajstić information content (AvgIpc) is 2.75. The maximum atomic E-state index is 11.9. The molecule has 0 radical (unpaired) electrons. The zero-order chi connectivity index (χ0) is 15.9. The topological polar surface area (TPSA) is 99.1 Å². The van der Waals surface area contributed by atoms with Gasteiger partial charge in [-0.05, 0) is 12.8 Å². The lowest BCUT2D eigenvalue weighted by Crippen LogP contribution is -2.51.